The van der Waals surface area contributed by atoms with Gasteiger partial charge >= 0.3 is 0 Å². The van der Waals surface area contributed by atoms with Crippen LogP contribution in [0.4, 0.5) is 0 Å². The van der Waals surface area contributed by atoms with E-state index in [9.17, 15) is 9.59 Å². The van der Waals surface area contributed by atoms with Gasteiger partial charge in [0.15, 0.2) is 0 Å². The van der Waals surface area contributed by atoms with Crippen LogP contribution in [0.2, 0.25) is 0 Å². The maximum Gasteiger partial charge on any atom is 0.135 e. The summed E-state index contributed by atoms with van der Waals surface area (Å²) in [5, 5.41) is 8.57. The molecular weight excluding hydrogens is 132 g/mol. The molecule has 1 N–H and O–H groups in total. The summed E-state index contributed by atoms with van der Waals surface area (Å²) in [5.74, 6) is -0.676. The number of hydrogen-bond acceptors (Lipinski definition) is 3. The molecule has 10 heavy (non-hydrogen) atoms. The molecule has 0 aliphatic heterocycles. The molecule has 0 rings (SSSR count). The minimum absolute atomic E-state index is 0.0609. The van der Waals surface area contributed by atoms with E-state index in [2.05, 4.69) is 0 Å². The third-order valence-corrected chi connectivity index (χ3v) is 1.33. The van der Waals surface area contributed by atoms with Gasteiger partial charge in [0, 0.05) is 12.3 Å². The molecule has 3 heteroatoms. The van der Waals surface area contributed by atoms with Crippen molar-refractivity contribution in [3.05, 3.63) is 0 Å². The molecule has 0 aromatic rings. The summed E-state index contributed by atoms with van der Waals surface area (Å²) >= 11 is 0. The summed E-state index contributed by atoms with van der Waals surface area (Å²) in [6.07, 6.45) is 0.159. The molecule has 0 amide bonds. The molecule has 0 aromatic carbocycles. The van der Waals surface area contributed by atoms with Crippen LogP contribution in [-0.4, -0.2) is 23.3 Å². The number of rotatable bonds is 4. The van der Waals surface area contributed by atoms with E-state index in [1.165, 1.54) is 13.8 Å². The van der Waals surface area contributed by atoms with Crippen molar-refractivity contribution in [1.82, 2.24) is 0 Å². The van der Waals surface area contributed by atoms with E-state index < -0.39 is 5.92 Å². The van der Waals surface area contributed by atoms with Crippen molar-refractivity contribution in [2.75, 3.05) is 6.61 Å². The average Bonchev–Trinajstić information content (AvgIpc) is 1.81. The maximum absolute atomic E-state index is 10.6. The molecule has 0 saturated carbocycles. The number of ketones is 2. The summed E-state index contributed by atoms with van der Waals surface area (Å²) < 4.78 is 0. The Bertz CT molecular complexity index is 140. The maximum atomic E-state index is 10.6. The molecule has 58 valence electrons. The number of Topliss-reactive ketones (excluding diaryl/α,β-unsaturated/α-hetero) is 2. The van der Waals surface area contributed by atoms with Crippen molar-refractivity contribution in [1.29, 1.82) is 0 Å². The van der Waals surface area contributed by atoms with E-state index in [0.29, 0.717) is 0 Å². The minimum Gasteiger partial charge on any atom is -0.396 e. The Kier molecular flexibility index (Phi) is 3.88. The smallest absolute Gasteiger partial charge is 0.135 e. The molecule has 0 saturated heterocycles. The highest BCUT2D eigenvalue weighted by Gasteiger charge is 2.14. The first-order valence-corrected chi connectivity index (χ1v) is 3.18. The number of carbonyl (C=O) groups is 2. The van der Waals surface area contributed by atoms with Gasteiger partial charge in [-0.2, -0.15) is 0 Å². The zero-order valence-electron chi connectivity index (χ0n) is 6.26. The van der Waals surface area contributed by atoms with E-state index in [1.807, 2.05) is 0 Å². The molecule has 0 aromatic heterocycles. The first kappa shape index (κ1) is 9.30. The Labute approximate surface area is 60.0 Å². The first-order valence-electron chi connectivity index (χ1n) is 3.18. The lowest BCUT2D eigenvalue weighted by Crippen LogP contribution is -2.18. The summed E-state index contributed by atoms with van der Waals surface area (Å²) in [4.78, 5) is 21.1. The second kappa shape index (κ2) is 4.17. The summed E-state index contributed by atoms with van der Waals surface area (Å²) in [6.45, 7) is 2.56. The van der Waals surface area contributed by atoms with Crippen molar-refractivity contribution < 1.29 is 14.7 Å². The van der Waals surface area contributed by atoms with Gasteiger partial charge in [-0.15, -0.1) is 0 Å². The van der Waals surface area contributed by atoms with Crippen LogP contribution in [0.3, 0.4) is 0 Å². The molecule has 0 unspecified atom stereocenters. The molecule has 0 aliphatic carbocycles. The third-order valence-electron chi connectivity index (χ3n) is 1.33. The van der Waals surface area contributed by atoms with E-state index in [4.69, 9.17) is 5.11 Å². The Morgan fingerprint density at radius 3 is 2.00 bits per heavy atom. The van der Waals surface area contributed by atoms with E-state index in [1.54, 1.807) is 0 Å². The number of aliphatic hydroxyl groups excluding tert-OH is 1. The topological polar surface area (TPSA) is 54.4 Å². The lowest BCUT2D eigenvalue weighted by molar-refractivity contribution is -0.127. The van der Waals surface area contributed by atoms with Gasteiger partial charge < -0.3 is 9.90 Å². The van der Waals surface area contributed by atoms with Crippen LogP contribution in [0.15, 0.2) is 0 Å². The lowest BCUT2D eigenvalue weighted by atomic mass is 10.0. The van der Waals surface area contributed by atoms with Crippen LogP contribution in [-0.2, 0) is 9.59 Å². The molecule has 0 bridgehead atoms. The second-order valence-electron chi connectivity index (χ2n) is 2.40. The van der Waals surface area contributed by atoms with Crippen LogP contribution in [0.1, 0.15) is 20.3 Å². The van der Waals surface area contributed by atoms with Crippen LogP contribution >= 0.6 is 0 Å². The number of hydrogen-bond donors (Lipinski definition) is 1. The fourth-order valence-electron chi connectivity index (χ4n) is 0.684. The molecule has 0 aliphatic rings. The van der Waals surface area contributed by atoms with Gasteiger partial charge in [0.1, 0.15) is 11.6 Å². The number of aliphatic hydroxyl groups is 1. The van der Waals surface area contributed by atoms with Gasteiger partial charge in [0.2, 0.25) is 0 Å². The van der Waals surface area contributed by atoms with Crippen molar-refractivity contribution in [3.63, 3.8) is 0 Å². The highest BCUT2D eigenvalue weighted by molar-refractivity contribution is 5.85. The normalized spacial score (nSPS) is 12.7. The van der Waals surface area contributed by atoms with E-state index >= 15 is 0 Å². The average molecular weight is 144 g/mol. The minimum atomic E-state index is -0.488. The van der Waals surface area contributed by atoms with E-state index in [0.717, 1.165) is 0 Å². The van der Waals surface area contributed by atoms with Gasteiger partial charge in [-0.3, -0.25) is 4.79 Å². The third kappa shape index (κ3) is 3.35. The quantitative estimate of drug-likeness (QED) is 0.611. The Morgan fingerprint density at radius 2 is 1.90 bits per heavy atom. The van der Waals surface area contributed by atoms with Crippen molar-refractivity contribution in [3.8, 4) is 0 Å². The fourth-order valence-corrected chi connectivity index (χ4v) is 0.684. The highest BCUT2D eigenvalue weighted by atomic mass is 16.3. The van der Waals surface area contributed by atoms with Gasteiger partial charge in [-0.05, 0) is 13.8 Å². The number of carbonyl (C=O) groups excluding carboxylic acids is 2. The zero-order chi connectivity index (χ0) is 8.15. The van der Waals surface area contributed by atoms with E-state index in [-0.39, 0.29) is 24.6 Å². The Balaban J connectivity index is 3.83. The molecule has 1 atom stereocenters. The van der Waals surface area contributed by atoms with Crippen LogP contribution < -0.4 is 0 Å². The Morgan fingerprint density at radius 1 is 1.40 bits per heavy atom. The Hall–Kier alpha value is -0.700. The largest absolute Gasteiger partial charge is 0.396 e. The molecule has 0 fully saturated rings. The highest BCUT2D eigenvalue weighted by Crippen LogP contribution is 2.03. The van der Waals surface area contributed by atoms with Crippen LogP contribution in [0.25, 0.3) is 0 Å². The molecule has 0 spiro atoms. The first-order chi connectivity index (χ1) is 4.57. The second-order valence-corrected chi connectivity index (χ2v) is 2.40. The van der Waals surface area contributed by atoms with Gasteiger partial charge in [0.05, 0.1) is 6.61 Å². The van der Waals surface area contributed by atoms with Crippen molar-refractivity contribution in [2.45, 2.75) is 20.3 Å². The zero-order valence-corrected chi connectivity index (χ0v) is 6.26. The summed E-state index contributed by atoms with van der Waals surface area (Å²) in [6, 6.07) is 0. The monoisotopic (exact) mass is 144 g/mol. The van der Waals surface area contributed by atoms with Crippen molar-refractivity contribution >= 4 is 11.6 Å². The molecule has 3 nitrogen and oxygen atoms in total. The predicted molar refractivity (Wildman–Crippen MR) is 36.6 cm³/mol. The van der Waals surface area contributed by atoms with Gasteiger partial charge in [0.25, 0.3) is 0 Å². The molecular formula is C7H12O3. The van der Waals surface area contributed by atoms with Crippen LogP contribution in [0, 0.1) is 5.92 Å². The standard InChI is InChI=1S/C7H12O3/c1-5(9)3-7(4-8)6(2)10/h7-8H,3-4H2,1-2H3/t7-/m0/s1. The van der Waals surface area contributed by atoms with Crippen LogP contribution in [0.5, 0.6) is 0 Å². The summed E-state index contributed by atoms with van der Waals surface area (Å²) in [7, 11) is 0. The fraction of sp³-hybridized carbons (Fsp3) is 0.714. The van der Waals surface area contributed by atoms with Gasteiger partial charge in [-0.1, -0.05) is 0 Å². The predicted octanol–water partition coefficient (Wildman–Crippen LogP) is 0.163. The lowest BCUT2D eigenvalue weighted by Gasteiger charge is -2.05. The van der Waals surface area contributed by atoms with Crippen molar-refractivity contribution in [2.24, 2.45) is 5.92 Å². The molecule has 0 radical (unpaired) electrons. The summed E-state index contributed by atoms with van der Waals surface area (Å²) in [5.41, 5.74) is 0. The SMILES string of the molecule is CC(=O)C[C@@H](CO)C(C)=O. The van der Waals surface area contributed by atoms with Gasteiger partial charge in [-0.25, -0.2) is 0 Å². The molecule has 0 heterocycles.